The lowest BCUT2D eigenvalue weighted by Gasteiger charge is -2.10. The van der Waals surface area contributed by atoms with Gasteiger partial charge < -0.3 is 0 Å². The summed E-state index contributed by atoms with van der Waals surface area (Å²) in [4.78, 5) is 0. The van der Waals surface area contributed by atoms with Crippen LogP contribution in [0.25, 0.3) is 0 Å². The summed E-state index contributed by atoms with van der Waals surface area (Å²) in [7, 11) is 0. The van der Waals surface area contributed by atoms with Gasteiger partial charge in [-0.3, -0.25) is 0 Å². The van der Waals surface area contributed by atoms with Crippen LogP contribution in [0.2, 0.25) is 10.0 Å². The molecule has 0 radical (unpaired) electrons. The molecule has 0 aliphatic carbocycles. The van der Waals surface area contributed by atoms with Crippen LogP contribution in [0.4, 0.5) is 26.3 Å². The Kier molecular flexibility index (Phi) is 9.97. The van der Waals surface area contributed by atoms with E-state index in [-0.39, 0.29) is 6.07 Å². The molecule has 0 heterocycles. The summed E-state index contributed by atoms with van der Waals surface area (Å²) in [5, 5.41) is 1.36. The third-order valence-corrected chi connectivity index (χ3v) is 2.77. The highest BCUT2D eigenvalue weighted by Crippen LogP contribution is 2.34. The van der Waals surface area contributed by atoms with Crippen LogP contribution in [0.3, 0.4) is 0 Å². The Bertz CT molecular complexity index is 589. The Morgan fingerprint density at radius 3 is 1.24 bits per heavy atom. The first-order chi connectivity index (χ1) is 11.4. The van der Waals surface area contributed by atoms with Gasteiger partial charge in [-0.2, -0.15) is 26.3 Å². The van der Waals surface area contributed by atoms with Gasteiger partial charge in [-0.15, -0.1) is 0 Å². The van der Waals surface area contributed by atoms with Gasteiger partial charge in [0.15, 0.2) is 0 Å². The molecular weight excluding hydrogens is 389 g/mol. The van der Waals surface area contributed by atoms with Crippen LogP contribution in [-0.4, -0.2) is 0 Å². The average Bonchev–Trinajstić information content (AvgIpc) is 2.47. The Labute approximate surface area is 152 Å². The molecule has 8 heteroatoms. The lowest BCUT2D eigenvalue weighted by atomic mass is 10.1. The summed E-state index contributed by atoms with van der Waals surface area (Å²) in [5.74, 6) is 0. The summed E-state index contributed by atoms with van der Waals surface area (Å²) in [6.07, 6.45) is -8.25. The van der Waals surface area contributed by atoms with Crippen LogP contribution < -0.4 is 0 Å². The number of rotatable bonds is 0. The summed E-state index contributed by atoms with van der Waals surface area (Å²) >= 11 is 11.1. The predicted octanol–water partition coefficient (Wildman–Crippen LogP) is 8.13. The normalized spacial score (nSPS) is 11.0. The van der Waals surface area contributed by atoms with E-state index < -0.39 is 23.5 Å². The van der Waals surface area contributed by atoms with E-state index in [2.05, 4.69) is 13.8 Å². The molecule has 0 aliphatic heterocycles. The standard InChI is InChI=1S/C8H4F6.C6H4Cl2.C3H8/c9-7(10,11)5-2-1-3-6(4-5)8(12,13)14;7-5-2-1-3-6(8)4-5;1-3-2/h1-4H;1-4H;3H2,1-2H3. The fourth-order valence-corrected chi connectivity index (χ4v) is 1.77. The molecule has 0 N–H and O–H groups in total. The van der Waals surface area contributed by atoms with Gasteiger partial charge in [0.2, 0.25) is 0 Å². The quantitative estimate of drug-likeness (QED) is 0.388. The molecule has 2 rings (SSSR count). The minimum Gasteiger partial charge on any atom is -0.166 e. The van der Waals surface area contributed by atoms with Crippen molar-refractivity contribution in [3.63, 3.8) is 0 Å². The fraction of sp³-hybridized carbons (Fsp3) is 0.294. The van der Waals surface area contributed by atoms with Crippen molar-refractivity contribution < 1.29 is 26.3 Å². The van der Waals surface area contributed by atoms with Gasteiger partial charge in [0, 0.05) is 10.0 Å². The molecule has 0 bridgehead atoms. The van der Waals surface area contributed by atoms with Crippen molar-refractivity contribution in [1.82, 2.24) is 0 Å². The van der Waals surface area contributed by atoms with Gasteiger partial charge in [-0.05, 0) is 36.4 Å². The van der Waals surface area contributed by atoms with E-state index in [4.69, 9.17) is 23.2 Å². The molecule has 2 aromatic rings. The smallest absolute Gasteiger partial charge is 0.166 e. The van der Waals surface area contributed by atoms with Crippen LogP contribution in [-0.2, 0) is 12.4 Å². The molecule has 0 saturated carbocycles. The van der Waals surface area contributed by atoms with Crippen LogP contribution in [0.5, 0.6) is 0 Å². The van der Waals surface area contributed by atoms with Crippen molar-refractivity contribution in [1.29, 1.82) is 0 Å². The number of halogens is 8. The third kappa shape index (κ3) is 10.2. The zero-order valence-electron chi connectivity index (χ0n) is 13.3. The summed E-state index contributed by atoms with van der Waals surface area (Å²) in [6, 6.07) is 9.07. The Balaban J connectivity index is 0.000000440. The Morgan fingerprint density at radius 1 is 0.680 bits per heavy atom. The molecule has 0 saturated heterocycles. The SMILES string of the molecule is CCC.Clc1cccc(Cl)c1.FC(F)(F)c1cccc(C(F)(F)F)c1. The van der Waals surface area contributed by atoms with Gasteiger partial charge in [-0.1, -0.05) is 55.6 Å². The van der Waals surface area contributed by atoms with E-state index in [1.807, 2.05) is 6.07 Å². The Hall–Kier alpha value is -1.40. The second-order valence-electron chi connectivity index (χ2n) is 4.72. The highest BCUT2D eigenvalue weighted by molar-refractivity contribution is 6.34. The van der Waals surface area contributed by atoms with E-state index in [0.717, 1.165) is 6.07 Å². The van der Waals surface area contributed by atoms with E-state index in [1.165, 1.54) is 6.42 Å². The minimum absolute atomic E-state index is 0.0833. The summed E-state index contributed by atoms with van der Waals surface area (Å²) in [6.45, 7) is 4.25. The molecule has 0 nitrogen and oxygen atoms in total. The molecule has 0 spiro atoms. The number of benzene rings is 2. The molecule has 0 amide bonds. The maximum atomic E-state index is 12.0. The van der Waals surface area contributed by atoms with Gasteiger partial charge in [0.05, 0.1) is 11.1 Å². The first kappa shape index (κ1) is 23.6. The van der Waals surface area contributed by atoms with Crippen molar-refractivity contribution in [2.24, 2.45) is 0 Å². The summed E-state index contributed by atoms with van der Waals surface area (Å²) < 4.78 is 71.9. The molecule has 0 fully saturated rings. The van der Waals surface area contributed by atoms with Gasteiger partial charge in [-0.25, -0.2) is 0 Å². The van der Waals surface area contributed by atoms with Gasteiger partial charge in [0.25, 0.3) is 0 Å². The van der Waals surface area contributed by atoms with Crippen molar-refractivity contribution in [2.75, 3.05) is 0 Å². The molecule has 140 valence electrons. The maximum Gasteiger partial charge on any atom is 0.416 e. The monoisotopic (exact) mass is 404 g/mol. The zero-order chi connectivity index (χ0) is 19.7. The lowest BCUT2D eigenvalue weighted by Crippen LogP contribution is -2.09. The lowest BCUT2D eigenvalue weighted by molar-refractivity contribution is -0.143. The number of hydrogen-bond acceptors (Lipinski definition) is 0. The van der Waals surface area contributed by atoms with Crippen LogP contribution in [0, 0.1) is 0 Å². The zero-order valence-corrected chi connectivity index (χ0v) is 14.9. The van der Waals surface area contributed by atoms with Crippen molar-refractivity contribution >= 4 is 23.2 Å². The van der Waals surface area contributed by atoms with Crippen LogP contribution >= 0.6 is 23.2 Å². The topological polar surface area (TPSA) is 0 Å². The minimum atomic E-state index is -4.75. The number of alkyl halides is 6. The van der Waals surface area contributed by atoms with Gasteiger partial charge >= 0.3 is 12.4 Å². The maximum absolute atomic E-state index is 12.0. The van der Waals surface area contributed by atoms with Crippen molar-refractivity contribution in [3.8, 4) is 0 Å². The number of hydrogen-bond donors (Lipinski definition) is 0. The average molecular weight is 405 g/mol. The van der Waals surface area contributed by atoms with E-state index in [1.54, 1.807) is 18.2 Å². The van der Waals surface area contributed by atoms with Crippen molar-refractivity contribution in [3.05, 3.63) is 69.7 Å². The second-order valence-corrected chi connectivity index (χ2v) is 5.60. The molecule has 0 aromatic heterocycles. The first-order valence-electron chi connectivity index (χ1n) is 7.07. The predicted molar refractivity (Wildman–Crippen MR) is 88.9 cm³/mol. The molecular formula is C17H16Cl2F6. The van der Waals surface area contributed by atoms with E-state index in [9.17, 15) is 26.3 Å². The molecule has 0 atom stereocenters. The Morgan fingerprint density at radius 2 is 1.00 bits per heavy atom. The van der Waals surface area contributed by atoms with Crippen LogP contribution in [0.15, 0.2) is 48.5 Å². The van der Waals surface area contributed by atoms with Crippen molar-refractivity contribution in [2.45, 2.75) is 32.6 Å². The fourth-order valence-electron chi connectivity index (χ4n) is 1.33. The molecule has 0 aliphatic rings. The largest absolute Gasteiger partial charge is 0.416 e. The highest BCUT2D eigenvalue weighted by atomic mass is 35.5. The molecule has 0 unspecified atom stereocenters. The van der Waals surface area contributed by atoms with E-state index in [0.29, 0.717) is 22.2 Å². The second kappa shape index (κ2) is 10.6. The van der Waals surface area contributed by atoms with E-state index >= 15 is 0 Å². The van der Waals surface area contributed by atoms with Gasteiger partial charge in [0.1, 0.15) is 0 Å². The molecule has 25 heavy (non-hydrogen) atoms. The first-order valence-corrected chi connectivity index (χ1v) is 7.82. The summed E-state index contributed by atoms with van der Waals surface area (Å²) in [5.41, 5.74) is -2.60. The van der Waals surface area contributed by atoms with Crippen LogP contribution in [0.1, 0.15) is 31.4 Å². The highest BCUT2D eigenvalue weighted by Gasteiger charge is 2.35. The molecule has 2 aromatic carbocycles. The third-order valence-electron chi connectivity index (χ3n) is 2.30.